The van der Waals surface area contributed by atoms with Gasteiger partial charge in [-0.3, -0.25) is 4.79 Å². The molecular weight excluding hydrogens is 250 g/mol. The summed E-state index contributed by atoms with van der Waals surface area (Å²) in [6.45, 7) is 8.07. The number of carbonyl (C=O) groups is 1. The van der Waals surface area contributed by atoms with Gasteiger partial charge in [-0.1, -0.05) is 26.5 Å². The smallest absolute Gasteiger partial charge is 0.247 e. The minimum atomic E-state index is -0.207. The molecule has 20 heavy (non-hydrogen) atoms. The van der Waals surface area contributed by atoms with E-state index in [-0.39, 0.29) is 12.0 Å². The van der Waals surface area contributed by atoms with Gasteiger partial charge in [-0.05, 0) is 49.3 Å². The summed E-state index contributed by atoms with van der Waals surface area (Å²) in [6.07, 6.45) is 6.13. The average molecular weight is 273 g/mol. The summed E-state index contributed by atoms with van der Waals surface area (Å²) in [6, 6.07) is 7.53. The zero-order valence-corrected chi connectivity index (χ0v) is 12.3. The number of benzene rings is 1. The minimum Gasteiger partial charge on any atom is -0.490 e. The number of hydrogen-bond acceptors (Lipinski definition) is 2. The monoisotopic (exact) mass is 273 g/mol. The lowest BCUT2D eigenvalue weighted by molar-refractivity contribution is -0.111. The van der Waals surface area contributed by atoms with E-state index in [1.807, 2.05) is 24.3 Å². The first-order valence-electron chi connectivity index (χ1n) is 7.19. The fourth-order valence-corrected chi connectivity index (χ4v) is 2.52. The van der Waals surface area contributed by atoms with Crippen LogP contribution in [0.25, 0.3) is 0 Å². The second kappa shape index (κ2) is 6.12. The molecule has 1 amide bonds. The zero-order chi connectivity index (χ0) is 14.6. The van der Waals surface area contributed by atoms with Gasteiger partial charge in [0.1, 0.15) is 5.75 Å². The van der Waals surface area contributed by atoms with Crippen LogP contribution < -0.4 is 10.1 Å². The first-order chi connectivity index (χ1) is 9.48. The Labute approximate surface area is 121 Å². The Morgan fingerprint density at radius 2 is 2.10 bits per heavy atom. The van der Waals surface area contributed by atoms with Crippen LogP contribution in [0.5, 0.6) is 5.75 Å². The number of nitrogens with one attached hydrogen (secondary N) is 1. The van der Waals surface area contributed by atoms with Crippen molar-refractivity contribution in [3.63, 3.8) is 0 Å². The molecule has 3 nitrogen and oxygen atoms in total. The van der Waals surface area contributed by atoms with Crippen LogP contribution in [0.2, 0.25) is 0 Å². The highest BCUT2D eigenvalue weighted by molar-refractivity contribution is 5.98. The summed E-state index contributed by atoms with van der Waals surface area (Å²) >= 11 is 0. The van der Waals surface area contributed by atoms with Gasteiger partial charge in [0.15, 0.2) is 0 Å². The summed E-state index contributed by atoms with van der Waals surface area (Å²) in [5, 5.41) is 2.75. The Bertz CT molecular complexity index is 484. The Balaban J connectivity index is 1.95. The third-order valence-electron chi connectivity index (χ3n) is 3.88. The Hall–Kier alpha value is -1.77. The molecule has 0 aromatic heterocycles. The van der Waals surface area contributed by atoms with Crippen LogP contribution in [0.1, 0.15) is 39.5 Å². The fourth-order valence-electron chi connectivity index (χ4n) is 2.52. The van der Waals surface area contributed by atoms with Crippen molar-refractivity contribution in [2.24, 2.45) is 5.41 Å². The largest absolute Gasteiger partial charge is 0.490 e. The number of carbonyl (C=O) groups excluding carboxylic acids is 1. The highest BCUT2D eigenvalue weighted by Gasteiger charge is 2.27. The summed E-state index contributed by atoms with van der Waals surface area (Å²) in [7, 11) is 0. The molecule has 1 aromatic carbocycles. The van der Waals surface area contributed by atoms with Gasteiger partial charge in [-0.25, -0.2) is 0 Å². The molecule has 1 aliphatic rings. The van der Waals surface area contributed by atoms with Crippen molar-refractivity contribution in [1.82, 2.24) is 0 Å². The van der Waals surface area contributed by atoms with Crippen molar-refractivity contribution in [2.45, 2.75) is 45.6 Å². The van der Waals surface area contributed by atoms with E-state index in [1.54, 1.807) is 0 Å². The van der Waals surface area contributed by atoms with E-state index >= 15 is 0 Å². The molecule has 1 fully saturated rings. The normalized spacial score (nSPS) is 18.3. The van der Waals surface area contributed by atoms with E-state index < -0.39 is 0 Å². The predicted molar refractivity (Wildman–Crippen MR) is 81.9 cm³/mol. The van der Waals surface area contributed by atoms with Crippen LogP contribution in [-0.4, -0.2) is 12.0 Å². The second-order valence-corrected chi connectivity index (χ2v) is 6.20. The molecule has 108 valence electrons. The lowest BCUT2D eigenvalue weighted by Crippen LogP contribution is -2.28. The van der Waals surface area contributed by atoms with Crippen molar-refractivity contribution in [3.8, 4) is 5.75 Å². The van der Waals surface area contributed by atoms with Gasteiger partial charge >= 0.3 is 0 Å². The van der Waals surface area contributed by atoms with Crippen molar-refractivity contribution in [2.75, 3.05) is 5.32 Å². The quantitative estimate of drug-likeness (QED) is 0.837. The summed E-state index contributed by atoms with van der Waals surface area (Å²) in [4.78, 5) is 11.3. The van der Waals surface area contributed by atoms with Gasteiger partial charge in [0, 0.05) is 11.8 Å². The minimum absolute atomic E-state index is 0.207. The van der Waals surface area contributed by atoms with Crippen LogP contribution in [0.15, 0.2) is 36.9 Å². The number of rotatable bonds is 4. The summed E-state index contributed by atoms with van der Waals surface area (Å²) in [5.74, 6) is 0.609. The molecule has 1 aromatic rings. The van der Waals surface area contributed by atoms with Gasteiger partial charge in [-0.2, -0.15) is 0 Å². The predicted octanol–water partition coefficient (Wildman–Crippen LogP) is 4.16. The van der Waals surface area contributed by atoms with E-state index in [9.17, 15) is 4.79 Å². The third kappa shape index (κ3) is 4.12. The van der Waals surface area contributed by atoms with Crippen LogP contribution in [-0.2, 0) is 4.79 Å². The molecule has 0 bridgehead atoms. The Morgan fingerprint density at radius 3 is 2.75 bits per heavy atom. The van der Waals surface area contributed by atoms with Crippen molar-refractivity contribution >= 4 is 11.6 Å². The standard InChI is InChI=1S/C17H23NO2/c1-4-16(19)18-13-6-5-7-15(12-13)20-14-8-10-17(2,3)11-9-14/h4-7,12,14H,1,8-11H2,2-3H3,(H,18,19). The number of ether oxygens (including phenoxy) is 1. The molecule has 0 spiro atoms. The Morgan fingerprint density at radius 1 is 1.40 bits per heavy atom. The van der Waals surface area contributed by atoms with Crippen LogP contribution in [0.3, 0.4) is 0 Å². The first kappa shape index (κ1) is 14.6. The molecular formula is C17H23NO2. The van der Waals surface area contributed by atoms with Crippen LogP contribution in [0, 0.1) is 5.41 Å². The van der Waals surface area contributed by atoms with Gasteiger partial charge in [0.25, 0.3) is 0 Å². The molecule has 0 aliphatic heterocycles. The first-order valence-corrected chi connectivity index (χ1v) is 7.19. The van der Waals surface area contributed by atoms with Gasteiger partial charge in [-0.15, -0.1) is 0 Å². The fraction of sp³-hybridized carbons (Fsp3) is 0.471. The molecule has 0 unspecified atom stereocenters. The Kier molecular flexibility index (Phi) is 4.48. The summed E-state index contributed by atoms with van der Waals surface area (Å²) in [5.41, 5.74) is 1.18. The SMILES string of the molecule is C=CC(=O)Nc1cccc(OC2CCC(C)(C)CC2)c1. The molecule has 0 radical (unpaired) electrons. The summed E-state index contributed by atoms with van der Waals surface area (Å²) < 4.78 is 6.03. The zero-order valence-electron chi connectivity index (χ0n) is 12.3. The molecule has 0 heterocycles. The molecule has 1 N–H and O–H groups in total. The van der Waals surface area contributed by atoms with Gasteiger partial charge in [0.2, 0.25) is 5.91 Å². The van der Waals surface area contributed by atoms with Crippen molar-refractivity contribution in [3.05, 3.63) is 36.9 Å². The topological polar surface area (TPSA) is 38.3 Å². The molecule has 2 rings (SSSR count). The van der Waals surface area contributed by atoms with Gasteiger partial charge in [0.05, 0.1) is 6.10 Å². The molecule has 1 aliphatic carbocycles. The number of hydrogen-bond donors (Lipinski definition) is 1. The maximum atomic E-state index is 11.3. The van der Waals surface area contributed by atoms with E-state index in [0.717, 1.165) is 24.3 Å². The number of amides is 1. The van der Waals surface area contributed by atoms with E-state index in [2.05, 4.69) is 25.7 Å². The van der Waals surface area contributed by atoms with Crippen LogP contribution >= 0.6 is 0 Å². The van der Waals surface area contributed by atoms with E-state index in [1.165, 1.54) is 18.9 Å². The second-order valence-electron chi connectivity index (χ2n) is 6.20. The third-order valence-corrected chi connectivity index (χ3v) is 3.88. The van der Waals surface area contributed by atoms with E-state index in [4.69, 9.17) is 4.74 Å². The van der Waals surface area contributed by atoms with Crippen LogP contribution in [0.4, 0.5) is 5.69 Å². The van der Waals surface area contributed by atoms with Crippen molar-refractivity contribution in [1.29, 1.82) is 0 Å². The molecule has 0 saturated heterocycles. The number of anilines is 1. The lowest BCUT2D eigenvalue weighted by Gasteiger charge is -2.34. The average Bonchev–Trinajstić information content (AvgIpc) is 2.41. The molecule has 0 atom stereocenters. The molecule has 3 heteroatoms. The maximum Gasteiger partial charge on any atom is 0.247 e. The highest BCUT2D eigenvalue weighted by atomic mass is 16.5. The van der Waals surface area contributed by atoms with Crippen molar-refractivity contribution < 1.29 is 9.53 Å². The van der Waals surface area contributed by atoms with Gasteiger partial charge < -0.3 is 10.1 Å². The van der Waals surface area contributed by atoms with E-state index in [0.29, 0.717) is 5.41 Å². The maximum absolute atomic E-state index is 11.3. The lowest BCUT2D eigenvalue weighted by atomic mass is 9.76. The highest BCUT2D eigenvalue weighted by Crippen LogP contribution is 2.36. The molecule has 1 saturated carbocycles.